The van der Waals surface area contributed by atoms with Crippen molar-refractivity contribution in [3.8, 4) is 0 Å². The highest BCUT2D eigenvalue weighted by Crippen LogP contribution is 2.39. The van der Waals surface area contributed by atoms with Crippen molar-refractivity contribution >= 4 is 22.1 Å². The normalized spacial score (nSPS) is 28.5. The molecule has 1 aliphatic heterocycles. The van der Waals surface area contributed by atoms with Crippen molar-refractivity contribution in [2.24, 2.45) is 5.92 Å². The fourth-order valence-corrected chi connectivity index (χ4v) is 5.91. The van der Waals surface area contributed by atoms with Crippen LogP contribution in [0.2, 0.25) is 39.3 Å². The van der Waals surface area contributed by atoms with E-state index in [1.165, 1.54) is 37.7 Å². The maximum absolute atomic E-state index is 12.5. The number of cyclic esters (lactones) is 1. The van der Waals surface area contributed by atoms with Gasteiger partial charge >= 0.3 is 5.97 Å². The quantitative estimate of drug-likeness (QED) is 0.407. The van der Waals surface area contributed by atoms with E-state index in [0.29, 0.717) is 5.92 Å². The van der Waals surface area contributed by atoms with Crippen LogP contribution in [0.15, 0.2) is 22.5 Å². The number of esters is 1. The molecule has 0 spiro atoms. The lowest BCUT2D eigenvalue weighted by Crippen LogP contribution is -2.27. The highest BCUT2D eigenvalue weighted by molar-refractivity contribution is 6.82. The summed E-state index contributed by atoms with van der Waals surface area (Å²) in [5.41, 5.74) is 6.81. The van der Waals surface area contributed by atoms with Crippen molar-refractivity contribution in [2.75, 3.05) is 0 Å². The minimum Gasteiger partial charge on any atom is -0.454 e. The van der Waals surface area contributed by atoms with Crippen LogP contribution in [0.4, 0.5) is 0 Å². The lowest BCUT2D eigenvalue weighted by atomic mass is 9.82. The van der Waals surface area contributed by atoms with E-state index in [9.17, 15) is 4.79 Å². The van der Waals surface area contributed by atoms with Crippen LogP contribution in [0.25, 0.3) is 0 Å². The average Bonchev–Trinajstić information content (AvgIpc) is 2.65. The second-order valence-corrected chi connectivity index (χ2v) is 19.2. The maximum Gasteiger partial charge on any atom is 0.338 e. The zero-order valence-electron chi connectivity index (χ0n) is 15.2. The third-order valence-electron chi connectivity index (χ3n) is 4.32. The van der Waals surface area contributed by atoms with Crippen LogP contribution in [0.1, 0.15) is 32.1 Å². The number of rotatable bonds is 3. The Labute approximate surface area is 138 Å². The lowest BCUT2D eigenvalue weighted by molar-refractivity contribution is -0.140. The summed E-state index contributed by atoms with van der Waals surface area (Å²) in [6.45, 7) is 13.9. The van der Waals surface area contributed by atoms with Gasteiger partial charge in [0.05, 0.1) is 21.7 Å². The van der Waals surface area contributed by atoms with E-state index in [0.717, 1.165) is 5.57 Å². The van der Waals surface area contributed by atoms with Gasteiger partial charge in [-0.2, -0.15) is 0 Å². The van der Waals surface area contributed by atoms with E-state index < -0.39 is 16.1 Å². The van der Waals surface area contributed by atoms with Crippen molar-refractivity contribution < 1.29 is 9.53 Å². The van der Waals surface area contributed by atoms with Crippen LogP contribution in [0, 0.1) is 5.92 Å². The molecule has 2 fully saturated rings. The Morgan fingerprint density at radius 2 is 1.45 bits per heavy atom. The summed E-state index contributed by atoms with van der Waals surface area (Å²) in [6.07, 6.45) is 6.35. The van der Waals surface area contributed by atoms with Gasteiger partial charge in [-0.3, -0.25) is 0 Å². The largest absolute Gasteiger partial charge is 0.454 e. The monoisotopic (exact) mass is 336 g/mol. The van der Waals surface area contributed by atoms with Crippen LogP contribution in [0.5, 0.6) is 0 Å². The second-order valence-electron chi connectivity index (χ2n) is 9.11. The smallest absolute Gasteiger partial charge is 0.338 e. The van der Waals surface area contributed by atoms with Crippen LogP contribution in [-0.4, -0.2) is 28.2 Å². The van der Waals surface area contributed by atoms with Crippen molar-refractivity contribution in [2.45, 2.75) is 77.5 Å². The molecule has 1 unspecified atom stereocenters. The number of carbonyl (C=O) groups is 1. The van der Waals surface area contributed by atoms with E-state index in [1.54, 1.807) is 0 Å². The fraction of sp³-hybridized carbons (Fsp3) is 0.722. The minimum atomic E-state index is -1.45. The molecule has 2 nitrogen and oxygen atoms in total. The van der Waals surface area contributed by atoms with E-state index in [1.807, 2.05) is 0 Å². The van der Waals surface area contributed by atoms with Crippen molar-refractivity contribution in [1.82, 2.24) is 0 Å². The molecule has 4 heteroatoms. The maximum atomic E-state index is 12.5. The molecule has 2 aliphatic rings. The Kier molecular flexibility index (Phi) is 5.22. The summed E-state index contributed by atoms with van der Waals surface area (Å²) in [6, 6.07) is 0. The first kappa shape index (κ1) is 17.7. The summed E-state index contributed by atoms with van der Waals surface area (Å²) in [5, 5.41) is 0. The SMILES string of the molecule is C[Si](C)(C)/C=C1\C(=O)OC(C2CCCCC2)\C1=C/[Si](C)(C)C. The summed E-state index contributed by atoms with van der Waals surface area (Å²) in [7, 11) is -2.84. The molecule has 0 aromatic rings. The molecule has 2 rings (SSSR count). The molecule has 124 valence electrons. The molecule has 1 saturated carbocycles. The van der Waals surface area contributed by atoms with Crippen LogP contribution in [-0.2, 0) is 9.53 Å². The first-order valence-corrected chi connectivity index (χ1v) is 15.9. The third-order valence-corrected chi connectivity index (χ3v) is 6.65. The third kappa shape index (κ3) is 4.69. The topological polar surface area (TPSA) is 26.3 Å². The van der Waals surface area contributed by atoms with E-state index in [4.69, 9.17) is 4.74 Å². The second kappa shape index (κ2) is 6.48. The first-order chi connectivity index (χ1) is 10.1. The van der Waals surface area contributed by atoms with Gasteiger partial charge in [0.2, 0.25) is 0 Å². The molecule has 1 heterocycles. The average molecular weight is 337 g/mol. The van der Waals surface area contributed by atoms with Crippen molar-refractivity contribution in [1.29, 1.82) is 0 Å². The van der Waals surface area contributed by atoms with Gasteiger partial charge in [-0.15, -0.1) is 0 Å². The Bertz CT molecular complexity index is 486. The standard InChI is InChI=1S/C18H32O2Si2/c1-21(2,3)12-15-16(13-22(4,5)6)18(19)20-17(15)14-10-8-7-9-11-14/h12-14,17H,7-11H2,1-6H3/b15-12-,16-13-. The Morgan fingerprint density at radius 1 is 0.909 bits per heavy atom. The molecule has 1 saturated heterocycles. The number of hydrogen-bond acceptors (Lipinski definition) is 2. The molecule has 1 atom stereocenters. The van der Waals surface area contributed by atoms with Crippen molar-refractivity contribution in [3.63, 3.8) is 0 Å². The molecule has 0 N–H and O–H groups in total. The molecule has 22 heavy (non-hydrogen) atoms. The van der Waals surface area contributed by atoms with Crippen LogP contribution >= 0.6 is 0 Å². The Balaban J connectivity index is 2.40. The highest BCUT2D eigenvalue weighted by Gasteiger charge is 2.41. The molecular formula is C18H32O2Si2. The number of hydrogen-bond donors (Lipinski definition) is 0. The van der Waals surface area contributed by atoms with Gasteiger partial charge in [0, 0.05) is 5.92 Å². The Morgan fingerprint density at radius 3 is 1.95 bits per heavy atom. The van der Waals surface area contributed by atoms with Crippen LogP contribution < -0.4 is 0 Å². The molecular weight excluding hydrogens is 304 g/mol. The van der Waals surface area contributed by atoms with Gasteiger partial charge in [0.15, 0.2) is 0 Å². The predicted octanol–water partition coefficient (Wildman–Crippen LogP) is 5.10. The minimum absolute atomic E-state index is 0.0297. The summed E-state index contributed by atoms with van der Waals surface area (Å²) < 4.78 is 5.89. The van der Waals surface area contributed by atoms with Gasteiger partial charge in [-0.05, 0) is 18.4 Å². The van der Waals surface area contributed by atoms with Gasteiger partial charge in [0.1, 0.15) is 6.10 Å². The van der Waals surface area contributed by atoms with Crippen LogP contribution in [0.3, 0.4) is 0 Å². The highest BCUT2D eigenvalue weighted by atomic mass is 28.3. The van der Waals surface area contributed by atoms with Gasteiger partial charge < -0.3 is 4.74 Å². The molecule has 0 aromatic carbocycles. The molecule has 0 radical (unpaired) electrons. The van der Waals surface area contributed by atoms with Crippen molar-refractivity contribution in [3.05, 3.63) is 22.5 Å². The summed E-state index contributed by atoms with van der Waals surface area (Å²) in [4.78, 5) is 12.5. The summed E-state index contributed by atoms with van der Waals surface area (Å²) in [5.74, 6) is 0.468. The van der Waals surface area contributed by atoms with Gasteiger partial charge in [-0.1, -0.05) is 69.9 Å². The first-order valence-electron chi connectivity index (χ1n) is 8.74. The number of carbonyl (C=O) groups excluding carboxylic acids is 1. The van der Waals surface area contributed by atoms with Gasteiger partial charge in [-0.25, -0.2) is 4.79 Å². The predicted molar refractivity (Wildman–Crippen MR) is 99.3 cm³/mol. The van der Waals surface area contributed by atoms with E-state index in [2.05, 4.69) is 50.7 Å². The fourth-order valence-electron chi connectivity index (χ4n) is 3.50. The Hall–Kier alpha value is -0.616. The lowest BCUT2D eigenvalue weighted by Gasteiger charge is -2.28. The number of ether oxygens (including phenoxy) is 1. The molecule has 0 bridgehead atoms. The molecule has 0 amide bonds. The molecule has 1 aliphatic carbocycles. The zero-order valence-corrected chi connectivity index (χ0v) is 17.2. The van der Waals surface area contributed by atoms with Gasteiger partial charge in [0.25, 0.3) is 0 Å². The van der Waals surface area contributed by atoms with E-state index >= 15 is 0 Å². The zero-order chi connectivity index (χ0) is 16.5. The summed E-state index contributed by atoms with van der Waals surface area (Å²) >= 11 is 0. The van der Waals surface area contributed by atoms with E-state index in [-0.39, 0.29) is 12.1 Å². The molecule has 0 aromatic heterocycles.